The maximum Gasteiger partial charge on any atom is 0.253 e. The van der Waals surface area contributed by atoms with E-state index in [1.54, 1.807) is 6.92 Å². The molecule has 0 aliphatic carbocycles. The van der Waals surface area contributed by atoms with Crippen molar-refractivity contribution < 1.29 is 14.7 Å². The second-order valence-electron chi connectivity index (χ2n) is 9.06. The lowest BCUT2D eigenvalue weighted by atomic mass is 10.1. The maximum absolute atomic E-state index is 12.9. The van der Waals surface area contributed by atoms with Crippen LogP contribution in [0.5, 0.6) is 0 Å². The molecule has 33 heavy (non-hydrogen) atoms. The second kappa shape index (κ2) is 11.4. The molecule has 8 nitrogen and oxygen atoms in total. The van der Waals surface area contributed by atoms with Crippen molar-refractivity contribution in [1.82, 2.24) is 26.1 Å². The quantitative estimate of drug-likeness (QED) is 0.427. The average Bonchev–Trinajstić information content (AvgIpc) is 2.81. The summed E-state index contributed by atoms with van der Waals surface area (Å²) in [5, 5.41) is 18.6. The standard InChI is InChI=1S/C24H34BrN5O3/c1-14(2)22(31)13-26-16(4)24(33)30-11-5-6-20(29-30)23(32)27-15(3)19-10-8-17-7-9-18(25)12-21(17)28-19/h7-10,12,14-16,20,22,26,29,31H,5-6,11,13H2,1-4H3,(H,27,32)/t15-,16+,20+,22-/m1/s1. The second-order valence-corrected chi connectivity index (χ2v) is 9.97. The van der Waals surface area contributed by atoms with Crippen LogP contribution in [-0.2, 0) is 9.59 Å². The molecule has 1 aliphatic rings. The molecule has 0 spiro atoms. The highest BCUT2D eigenvalue weighted by atomic mass is 79.9. The number of benzene rings is 1. The Bertz CT molecular complexity index is 986. The van der Waals surface area contributed by atoms with Gasteiger partial charge in [0.1, 0.15) is 6.04 Å². The first-order valence-corrected chi connectivity index (χ1v) is 12.3. The van der Waals surface area contributed by atoms with Gasteiger partial charge in [-0.2, -0.15) is 0 Å². The summed E-state index contributed by atoms with van der Waals surface area (Å²) in [4.78, 5) is 30.4. The van der Waals surface area contributed by atoms with Crippen LogP contribution in [0, 0.1) is 5.92 Å². The predicted octanol–water partition coefficient (Wildman–Crippen LogP) is 2.67. The Balaban J connectivity index is 1.57. The number of aliphatic hydroxyl groups excluding tert-OH is 1. The molecular weight excluding hydrogens is 486 g/mol. The summed E-state index contributed by atoms with van der Waals surface area (Å²) < 4.78 is 0.954. The number of carbonyl (C=O) groups is 2. The molecule has 3 rings (SSSR count). The number of amides is 2. The van der Waals surface area contributed by atoms with E-state index in [0.29, 0.717) is 19.5 Å². The lowest BCUT2D eigenvalue weighted by molar-refractivity contribution is -0.141. The van der Waals surface area contributed by atoms with Crippen molar-refractivity contribution in [2.24, 2.45) is 5.92 Å². The summed E-state index contributed by atoms with van der Waals surface area (Å²) >= 11 is 3.47. The van der Waals surface area contributed by atoms with Crippen LogP contribution in [0.4, 0.5) is 0 Å². The van der Waals surface area contributed by atoms with Gasteiger partial charge in [-0.3, -0.25) is 19.6 Å². The third-order valence-corrected chi connectivity index (χ3v) is 6.51. The van der Waals surface area contributed by atoms with Crippen molar-refractivity contribution in [3.63, 3.8) is 0 Å². The van der Waals surface area contributed by atoms with Crippen molar-refractivity contribution in [2.75, 3.05) is 13.1 Å². The topological polar surface area (TPSA) is 107 Å². The van der Waals surface area contributed by atoms with Crippen LogP contribution < -0.4 is 16.1 Å². The molecule has 2 aromatic rings. The van der Waals surface area contributed by atoms with Crippen molar-refractivity contribution in [3.05, 3.63) is 40.5 Å². The number of hydrazine groups is 1. The largest absolute Gasteiger partial charge is 0.392 e. The van der Waals surface area contributed by atoms with E-state index in [4.69, 9.17) is 0 Å². The van der Waals surface area contributed by atoms with Gasteiger partial charge < -0.3 is 15.7 Å². The molecule has 1 fully saturated rings. The zero-order chi connectivity index (χ0) is 24.1. The molecule has 0 radical (unpaired) electrons. The first kappa shape index (κ1) is 25.6. The molecule has 9 heteroatoms. The summed E-state index contributed by atoms with van der Waals surface area (Å²) in [6, 6.07) is 8.61. The molecule has 0 unspecified atom stereocenters. The zero-order valence-corrected chi connectivity index (χ0v) is 21.2. The minimum atomic E-state index is -0.514. The number of aromatic nitrogens is 1. The third-order valence-electron chi connectivity index (χ3n) is 6.02. The number of pyridine rings is 1. The van der Waals surface area contributed by atoms with Gasteiger partial charge in [0, 0.05) is 22.9 Å². The molecule has 4 N–H and O–H groups in total. The Hall–Kier alpha value is -2.07. The van der Waals surface area contributed by atoms with E-state index in [9.17, 15) is 14.7 Å². The highest BCUT2D eigenvalue weighted by molar-refractivity contribution is 9.10. The number of aliphatic hydroxyl groups is 1. The minimum absolute atomic E-state index is 0.113. The normalized spacial score (nSPS) is 19.4. The Morgan fingerprint density at radius 2 is 1.97 bits per heavy atom. The van der Waals surface area contributed by atoms with Crippen molar-refractivity contribution >= 4 is 38.6 Å². The predicted molar refractivity (Wildman–Crippen MR) is 132 cm³/mol. The number of hydrogen-bond donors (Lipinski definition) is 4. The zero-order valence-electron chi connectivity index (χ0n) is 19.6. The van der Waals surface area contributed by atoms with Crippen LogP contribution in [0.15, 0.2) is 34.8 Å². The highest BCUT2D eigenvalue weighted by Gasteiger charge is 2.31. The lowest BCUT2D eigenvalue weighted by Crippen LogP contribution is -2.60. The van der Waals surface area contributed by atoms with Crippen molar-refractivity contribution in [2.45, 2.75) is 64.8 Å². The van der Waals surface area contributed by atoms with Crippen LogP contribution in [0.1, 0.15) is 52.3 Å². The van der Waals surface area contributed by atoms with Crippen LogP contribution in [-0.4, -0.2) is 58.2 Å². The summed E-state index contributed by atoms with van der Waals surface area (Å²) in [6.07, 6.45) is 0.864. The summed E-state index contributed by atoms with van der Waals surface area (Å²) in [6.45, 7) is 8.42. The van der Waals surface area contributed by atoms with Gasteiger partial charge in [0.25, 0.3) is 5.91 Å². The van der Waals surface area contributed by atoms with E-state index >= 15 is 0 Å². The fourth-order valence-corrected chi connectivity index (χ4v) is 4.07. The van der Waals surface area contributed by atoms with Gasteiger partial charge in [0.2, 0.25) is 5.91 Å². The Labute approximate surface area is 203 Å². The third kappa shape index (κ3) is 6.72. The molecule has 1 aromatic heterocycles. The number of nitrogens with zero attached hydrogens (tertiary/aromatic N) is 2. The number of rotatable bonds is 8. The van der Waals surface area contributed by atoms with Gasteiger partial charge in [-0.25, -0.2) is 5.43 Å². The summed E-state index contributed by atoms with van der Waals surface area (Å²) in [5.41, 5.74) is 4.72. The van der Waals surface area contributed by atoms with E-state index in [0.717, 1.165) is 27.5 Å². The fraction of sp³-hybridized carbons (Fsp3) is 0.542. The fourth-order valence-electron chi connectivity index (χ4n) is 3.72. The summed E-state index contributed by atoms with van der Waals surface area (Å²) in [7, 11) is 0. The minimum Gasteiger partial charge on any atom is -0.392 e. The molecule has 1 aromatic carbocycles. The first-order valence-electron chi connectivity index (χ1n) is 11.5. The Morgan fingerprint density at radius 3 is 2.70 bits per heavy atom. The van der Waals surface area contributed by atoms with Crippen LogP contribution >= 0.6 is 15.9 Å². The molecule has 1 saturated heterocycles. The van der Waals surface area contributed by atoms with E-state index in [1.807, 2.05) is 51.1 Å². The molecule has 4 atom stereocenters. The van der Waals surface area contributed by atoms with Gasteiger partial charge in [-0.15, -0.1) is 0 Å². The molecular formula is C24H34BrN5O3. The number of carbonyl (C=O) groups excluding carboxylic acids is 2. The van der Waals surface area contributed by atoms with Gasteiger partial charge >= 0.3 is 0 Å². The highest BCUT2D eigenvalue weighted by Crippen LogP contribution is 2.21. The average molecular weight is 520 g/mol. The summed E-state index contributed by atoms with van der Waals surface area (Å²) in [5.74, 6) is -0.188. The van der Waals surface area contributed by atoms with E-state index in [1.165, 1.54) is 5.01 Å². The van der Waals surface area contributed by atoms with Crippen LogP contribution in [0.2, 0.25) is 0 Å². The number of halogens is 1. The van der Waals surface area contributed by atoms with Gasteiger partial charge in [0.05, 0.1) is 29.4 Å². The molecule has 1 aliphatic heterocycles. The lowest BCUT2D eigenvalue weighted by Gasteiger charge is -2.35. The first-order chi connectivity index (χ1) is 15.7. The molecule has 0 bridgehead atoms. The monoisotopic (exact) mass is 519 g/mol. The SMILES string of the molecule is CC(C)[C@H](O)CN[C@@H](C)C(=O)N1CCC[C@@H](C(=O)N[C@H](C)c2ccc3ccc(Br)cc3n2)N1. The molecule has 2 amide bonds. The number of nitrogens with one attached hydrogen (secondary N) is 3. The smallest absolute Gasteiger partial charge is 0.253 e. The number of hydrogen-bond acceptors (Lipinski definition) is 6. The Kier molecular flexibility index (Phi) is 8.81. The van der Waals surface area contributed by atoms with Crippen molar-refractivity contribution in [1.29, 1.82) is 0 Å². The van der Waals surface area contributed by atoms with Gasteiger partial charge in [-0.05, 0) is 50.8 Å². The molecule has 0 saturated carbocycles. The van der Waals surface area contributed by atoms with Crippen LogP contribution in [0.3, 0.4) is 0 Å². The van der Waals surface area contributed by atoms with Gasteiger partial charge in [-0.1, -0.05) is 41.9 Å². The van der Waals surface area contributed by atoms with E-state index in [2.05, 4.69) is 37.0 Å². The van der Waals surface area contributed by atoms with Gasteiger partial charge in [0.15, 0.2) is 0 Å². The maximum atomic E-state index is 12.9. The molecule has 2 heterocycles. The molecule has 180 valence electrons. The van der Waals surface area contributed by atoms with Crippen LogP contribution in [0.25, 0.3) is 10.9 Å². The Morgan fingerprint density at radius 1 is 1.24 bits per heavy atom. The van der Waals surface area contributed by atoms with Crippen molar-refractivity contribution in [3.8, 4) is 0 Å². The van der Waals surface area contributed by atoms with E-state index in [-0.39, 0.29) is 23.8 Å². The van der Waals surface area contributed by atoms with E-state index < -0.39 is 18.2 Å². The number of fused-ring (bicyclic) bond motifs is 1.